The molecule has 0 bridgehead atoms. The number of aliphatic hydroxyl groups is 3. The van der Waals surface area contributed by atoms with Crippen molar-refractivity contribution in [3.63, 3.8) is 0 Å². The molecule has 3 aliphatic rings. The summed E-state index contributed by atoms with van der Waals surface area (Å²) in [6.45, 7) is 0.0645. The maximum absolute atomic E-state index is 14.0. The minimum atomic E-state index is -2.71. The minimum absolute atomic E-state index is 0. The van der Waals surface area contributed by atoms with Gasteiger partial charge in [-0.25, -0.2) is 0 Å². The number of aliphatic hydroxyl groups excluding tert-OH is 2. The number of benzene rings is 1. The SMILES string of the molecule is C.CN(C)CC(=O)NCc1cc(N(C)C)c2c(c1O)C(O)=C1C(=O)[C@]3(O)C(O)=C(C(N)=O)C(=O)C(N(C)C)[C@@H]3C[C@@H]1C2. The third-order valence-corrected chi connectivity index (χ3v) is 8.19. The number of anilines is 1. The van der Waals surface area contributed by atoms with Crippen LogP contribution < -0.4 is 16.0 Å². The summed E-state index contributed by atoms with van der Waals surface area (Å²) in [5.41, 5.74) is 3.01. The van der Waals surface area contributed by atoms with E-state index in [1.165, 1.54) is 4.90 Å². The smallest absolute Gasteiger partial charge is 0.255 e. The Hall–Kier alpha value is -3.94. The van der Waals surface area contributed by atoms with Gasteiger partial charge in [-0.05, 0) is 58.6 Å². The van der Waals surface area contributed by atoms with E-state index in [4.69, 9.17) is 5.73 Å². The fourth-order valence-electron chi connectivity index (χ4n) is 6.42. The minimum Gasteiger partial charge on any atom is -0.508 e. The maximum Gasteiger partial charge on any atom is 0.255 e. The second-order valence-corrected chi connectivity index (χ2v) is 11.6. The standard InChI is InChI=1S/C28H37N5O8.CH4/c1-31(2)11-17(34)30-10-13-9-16(32(3)4)14-7-12-8-15-21(33(5)6)24(37)20(27(29)40)26(39)28(15,41)25(38)18(12)23(36)19(14)22(13)35;/h9,12,15,21,35-36,39,41H,7-8,10-11H2,1-6H3,(H2,29,40)(H,30,34);1H4/t12-,15-,21?,28-;/m0./s1. The molecule has 0 aliphatic heterocycles. The lowest BCUT2D eigenvalue weighted by Gasteiger charge is -2.50. The van der Waals surface area contributed by atoms with Crippen molar-refractivity contribution in [2.24, 2.45) is 17.6 Å². The number of hydrogen-bond donors (Lipinski definition) is 6. The number of phenolic OH excluding ortho intramolecular Hbond substituents is 1. The van der Waals surface area contributed by atoms with Crippen molar-refractivity contribution in [2.45, 2.75) is 38.5 Å². The molecule has 4 rings (SSSR count). The number of carbonyl (C=O) groups is 4. The van der Waals surface area contributed by atoms with Gasteiger partial charge in [-0.1, -0.05) is 7.43 Å². The van der Waals surface area contributed by atoms with Crippen LogP contribution in [-0.4, -0.2) is 114 Å². The van der Waals surface area contributed by atoms with Gasteiger partial charge in [0.05, 0.1) is 18.2 Å². The summed E-state index contributed by atoms with van der Waals surface area (Å²) in [5.74, 6) is -7.34. The fourth-order valence-corrected chi connectivity index (χ4v) is 6.42. The molecule has 1 aromatic carbocycles. The van der Waals surface area contributed by atoms with Crippen molar-refractivity contribution in [2.75, 3.05) is 53.7 Å². The van der Waals surface area contributed by atoms with E-state index in [0.717, 1.165) is 0 Å². The highest BCUT2D eigenvalue weighted by Gasteiger charge is 2.64. The molecule has 1 saturated carbocycles. The quantitative estimate of drug-likeness (QED) is 0.232. The molecule has 0 spiro atoms. The summed E-state index contributed by atoms with van der Waals surface area (Å²) in [5, 5.41) is 48.3. The summed E-state index contributed by atoms with van der Waals surface area (Å²) in [6.07, 6.45) is 0.171. The Bertz CT molecular complexity index is 1410. The summed E-state index contributed by atoms with van der Waals surface area (Å²) in [7, 11) is 10.1. The van der Waals surface area contributed by atoms with Crippen molar-refractivity contribution < 1.29 is 39.6 Å². The number of Topliss-reactive ketones (excluding diaryl/α,β-unsaturated/α-hetero) is 2. The molecule has 7 N–H and O–H groups in total. The van der Waals surface area contributed by atoms with Crippen molar-refractivity contribution >= 4 is 34.8 Å². The van der Waals surface area contributed by atoms with Gasteiger partial charge >= 0.3 is 0 Å². The maximum atomic E-state index is 14.0. The van der Waals surface area contributed by atoms with Gasteiger partial charge in [-0.2, -0.15) is 0 Å². The van der Waals surface area contributed by atoms with Gasteiger partial charge in [0.15, 0.2) is 11.4 Å². The average molecular weight is 588 g/mol. The molecule has 42 heavy (non-hydrogen) atoms. The molecule has 13 heteroatoms. The lowest BCUT2D eigenvalue weighted by atomic mass is 9.57. The van der Waals surface area contributed by atoms with Crippen LogP contribution in [0.5, 0.6) is 5.75 Å². The Morgan fingerprint density at radius 1 is 1.10 bits per heavy atom. The number of carbonyl (C=O) groups excluding carboxylic acids is 4. The summed E-state index contributed by atoms with van der Waals surface area (Å²) in [4.78, 5) is 56.6. The lowest BCUT2D eigenvalue weighted by Crippen LogP contribution is -2.65. The Labute approximate surface area is 244 Å². The monoisotopic (exact) mass is 587 g/mol. The number of ketones is 2. The number of nitrogens with zero attached hydrogens (tertiary/aromatic N) is 3. The van der Waals surface area contributed by atoms with Crippen LogP contribution in [0.15, 0.2) is 23.0 Å². The largest absolute Gasteiger partial charge is 0.508 e. The number of fused-ring (bicyclic) bond motifs is 3. The van der Waals surface area contributed by atoms with Gasteiger partial charge in [0.25, 0.3) is 5.91 Å². The Morgan fingerprint density at radius 2 is 1.71 bits per heavy atom. The van der Waals surface area contributed by atoms with E-state index in [2.05, 4.69) is 5.32 Å². The molecule has 0 heterocycles. The van der Waals surface area contributed by atoms with Crippen molar-refractivity contribution in [3.05, 3.63) is 39.7 Å². The summed E-state index contributed by atoms with van der Waals surface area (Å²) >= 11 is 0. The van der Waals surface area contributed by atoms with Crippen LogP contribution in [0.3, 0.4) is 0 Å². The molecular formula is C29H41N5O8. The number of primary amides is 1. The highest BCUT2D eigenvalue weighted by molar-refractivity contribution is 6.24. The van der Waals surface area contributed by atoms with Crippen LogP contribution in [0.25, 0.3) is 5.76 Å². The van der Waals surface area contributed by atoms with Gasteiger partial charge in [0.1, 0.15) is 22.8 Å². The van der Waals surface area contributed by atoms with Gasteiger partial charge in [0.2, 0.25) is 11.7 Å². The van der Waals surface area contributed by atoms with Gasteiger partial charge in [-0.15, -0.1) is 0 Å². The second-order valence-electron chi connectivity index (χ2n) is 11.6. The molecule has 3 aliphatic carbocycles. The zero-order valence-electron chi connectivity index (χ0n) is 24.0. The predicted octanol–water partition coefficient (Wildman–Crippen LogP) is -0.156. The Morgan fingerprint density at radius 3 is 2.24 bits per heavy atom. The number of nitrogens with two attached hydrogens (primary N) is 1. The van der Waals surface area contributed by atoms with E-state index >= 15 is 0 Å². The highest BCUT2D eigenvalue weighted by atomic mass is 16.3. The molecule has 0 saturated heterocycles. The molecule has 4 atom stereocenters. The van der Waals surface area contributed by atoms with Crippen LogP contribution in [0.2, 0.25) is 0 Å². The number of nitrogens with one attached hydrogen (secondary N) is 1. The Balaban J connectivity index is 0.00000484. The molecule has 13 nitrogen and oxygen atoms in total. The zero-order chi connectivity index (χ0) is 30.7. The van der Waals surface area contributed by atoms with Crippen molar-refractivity contribution in [1.82, 2.24) is 15.1 Å². The predicted molar refractivity (Wildman–Crippen MR) is 156 cm³/mol. The van der Waals surface area contributed by atoms with E-state index in [1.54, 1.807) is 58.2 Å². The van der Waals surface area contributed by atoms with Crippen LogP contribution in [0.4, 0.5) is 5.69 Å². The first-order valence-electron chi connectivity index (χ1n) is 13.1. The molecule has 2 amide bonds. The number of amides is 2. The van der Waals surface area contributed by atoms with E-state index in [0.29, 0.717) is 16.8 Å². The number of hydrogen-bond acceptors (Lipinski definition) is 11. The molecule has 1 aromatic rings. The first-order chi connectivity index (χ1) is 19.0. The van der Waals surface area contributed by atoms with Crippen LogP contribution in [0.1, 0.15) is 30.5 Å². The average Bonchev–Trinajstić information content (AvgIpc) is 2.84. The van der Waals surface area contributed by atoms with E-state index < -0.39 is 58.0 Å². The number of aromatic hydroxyl groups is 1. The number of rotatable bonds is 7. The number of phenols is 1. The topological polar surface area (TPSA) is 197 Å². The Kier molecular flexibility index (Phi) is 8.83. The van der Waals surface area contributed by atoms with Crippen molar-refractivity contribution in [3.8, 4) is 5.75 Å². The third-order valence-electron chi connectivity index (χ3n) is 8.19. The summed E-state index contributed by atoms with van der Waals surface area (Å²) < 4.78 is 0. The summed E-state index contributed by atoms with van der Waals surface area (Å²) in [6, 6.07) is 0.548. The van der Waals surface area contributed by atoms with Crippen LogP contribution in [-0.2, 0) is 32.1 Å². The molecule has 230 valence electrons. The van der Waals surface area contributed by atoms with E-state index in [9.17, 15) is 39.6 Å². The first kappa shape index (κ1) is 32.6. The molecule has 0 radical (unpaired) electrons. The van der Waals surface area contributed by atoms with Gasteiger partial charge < -0.3 is 41.3 Å². The molecule has 0 aromatic heterocycles. The van der Waals surface area contributed by atoms with Gasteiger partial charge in [0, 0.05) is 43.4 Å². The number of likely N-dealkylation sites (N-methyl/N-ethyl adjacent to an activating group) is 2. The van der Waals surface area contributed by atoms with Crippen LogP contribution >= 0.6 is 0 Å². The molecule has 1 fully saturated rings. The highest BCUT2D eigenvalue weighted by Crippen LogP contribution is 2.54. The zero-order valence-corrected chi connectivity index (χ0v) is 24.0. The lowest BCUT2D eigenvalue weighted by molar-refractivity contribution is -0.153. The first-order valence-corrected chi connectivity index (χ1v) is 13.1. The third kappa shape index (κ3) is 4.91. The molecule has 1 unspecified atom stereocenters. The van der Waals surface area contributed by atoms with Crippen molar-refractivity contribution in [1.29, 1.82) is 0 Å². The second kappa shape index (κ2) is 11.4. The van der Waals surface area contributed by atoms with Gasteiger partial charge in [-0.3, -0.25) is 24.1 Å². The normalized spacial score (nSPS) is 25.1. The van der Waals surface area contributed by atoms with E-state index in [1.807, 2.05) is 0 Å². The fraction of sp³-hybridized carbons (Fsp3) is 0.517. The molecular weight excluding hydrogens is 546 g/mol. The van der Waals surface area contributed by atoms with E-state index in [-0.39, 0.29) is 56.2 Å². The van der Waals surface area contributed by atoms with Crippen LogP contribution in [0, 0.1) is 11.8 Å².